The molecule has 0 saturated heterocycles. The van der Waals surface area contributed by atoms with Crippen molar-refractivity contribution in [1.29, 1.82) is 0 Å². The van der Waals surface area contributed by atoms with Crippen molar-refractivity contribution in [2.75, 3.05) is 33.5 Å². The van der Waals surface area contributed by atoms with Gasteiger partial charge < -0.3 is 34.8 Å². The minimum atomic E-state index is -2.72. The van der Waals surface area contributed by atoms with Crippen LogP contribution in [0, 0.1) is 7.11 Å². The summed E-state index contributed by atoms with van der Waals surface area (Å²) in [5.41, 5.74) is 0. The second kappa shape index (κ2) is 17.2. The van der Waals surface area contributed by atoms with Gasteiger partial charge in [-0.3, -0.25) is 0 Å². The summed E-state index contributed by atoms with van der Waals surface area (Å²) in [6, 6.07) is 1.57. The van der Waals surface area contributed by atoms with Crippen molar-refractivity contribution in [3.05, 3.63) is 7.11 Å². The van der Waals surface area contributed by atoms with Gasteiger partial charge in [0, 0.05) is 33.5 Å². The zero-order valence-electron chi connectivity index (χ0n) is 26.9. The van der Waals surface area contributed by atoms with E-state index in [4.69, 9.17) is 41.9 Å². The van der Waals surface area contributed by atoms with Crippen LogP contribution in [0.4, 0.5) is 0 Å². The van der Waals surface area contributed by atoms with Crippen molar-refractivity contribution >= 4 is 50.9 Å². The van der Waals surface area contributed by atoms with Crippen LogP contribution < -0.4 is 0 Å². The van der Waals surface area contributed by atoms with E-state index < -0.39 is 50.9 Å². The average Bonchev–Trinajstić information content (AvgIpc) is 2.64. The van der Waals surface area contributed by atoms with Crippen molar-refractivity contribution in [2.45, 2.75) is 116 Å². The number of ether oxygens (including phenoxy) is 3. The molecule has 0 fully saturated rings. The van der Waals surface area contributed by atoms with E-state index in [-0.39, 0.29) is 0 Å². The normalized spacial score (nSPS) is 16.9. The fraction of sp³-hybridized carbons (Fsp3) is 0.958. The molecule has 0 rings (SSSR count). The maximum atomic E-state index is 7.14. The highest BCUT2D eigenvalue weighted by Gasteiger charge is 2.50. The van der Waals surface area contributed by atoms with Crippen molar-refractivity contribution in [1.82, 2.24) is 0 Å². The summed E-state index contributed by atoms with van der Waals surface area (Å²) in [6.45, 7) is 28.7. The Morgan fingerprint density at radius 3 is 1.26 bits per heavy atom. The Morgan fingerprint density at radius 2 is 0.868 bits per heavy atom. The molecule has 2 unspecified atom stereocenters. The lowest BCUT2D eigenvalue weighted by Gasteiger charge is -2.45. The van der Waals surface area contributed by atoms with Gasteiger partial charge in [0.15, 0.2) is 16.6 Å². The highest BCUT2D eigenvalue weighted by Crippen LogP contribution is 2.32. The third-order valence-corrected chi connectivity index (χ3v) is 27.4. The van der Waals surface area contributed by atoms with Gasteiger partial charge in [0.25, 0.3) is 0 Å². The zero-order valence-corrected chi connectivity index (χ0v) is 32.9. The quantitative estimate of drug-likeness (QED) is 0.0855. The molecule has 0 bridgehead atoms. The van der Waals surface area contributed by atoms with Gasteiger partial charge in [0.2, 0.25) is 0 Å². The predicted molar refractivity (Wildman–Crippen MR) is 171 cm³/mol. The molecule has 0 aromatic heterocycles. The molecule has 0 amide bonds. The lowest BCUT2D eigenvalue weighted by molar-refractivity contribution is 0.118. The molecule has 0 aliphatic carbocycles. The molecule has 38 heavy (non-hydrogen) atoms. The lowest BCUT2D eigenvalue weighted by atomic mass is 10.3. The molecule has 0 aromatic carbocycles. The van der Waals surface area contributed by atoms with Crippen LogP contribution in [0.25, 0.3) is 0 Å². The maximum Gasteiger partial charge on any atom is 0.317 e. The molecule has 2 atom stereocenters. The van der Waals surface area contributed by atoms with Gasteiger partial charge in [0.05, 0.1) is 0 Å². The zero-order chi connectivity index (χ0) is 29.7. The number of hydrogen-bond donors (Lipinski definition) is 0. The molecule has 0 saturated carbocycles. The Balaban J connectivity index is 5.78. The van der Waals surface area contributed by atoms with E-state index in [1.165, 1.54) is 0 Å². The van der Waals surface area contributed by atoms with Gasteiger partial charge in [-0.1, -0.05) is 0 Å². The molecule has 2 radical (unpaired) electrons. The molecule has 0 aliphatic rings. The first kappa shape index (κ1) is 39.0. The summed E-state index contributed by atoms with van der Waals surface area (Å²) in [6.07, 6.45) is 3.64. The van der Waals surface area contributed by atoms with Gasteiger partial charge in [-0.15, -0.1) is 0 Å². The van der Waals surface area contributed by atoms with Crippen LogP contribution >= 0.6 is 0 Å². The Morgan fingerprint density at radius 1 is 0.474 bits per heavy atom. The first-order valence-corrected chi connectivity index (χ1v) is 31.5. The van der Waals surface area contributed by atoms with Gasteiger partial charge in [-0.25, -0.2) is 0 Å². The minimum Gasteiger partial charge on any atom is -0.437 e. The molecular weight excluding hydrogens is 585 g/mol. The predicted octanol–water partition coefficient (Wildman–Crippen LogP) is 7.20. The first-order chi connectivity index (χ1) is 17.2. The number of rotatable bonds is 23. The van der Waals surface area contributed by atoms with Crippen LogP contribution in [0.3, 0.4) is 0 Å². The van der Waals surface area contributed by atoms with Crippen LogP contribution in [0.1, 0.15) is 25.7 Å². The van der Waals surface area contributed by atoms with Crippen LogP contribution in [0.2, 0.25) is 90.7 Å². The lowest BCUT2D eigenvalue weighted by Crippen LogP contribution is -2.61. The summed E-state index contributed by atoms with van der Waals surface area (Å²) < 4.78 is 50.1. The SMILES string of the molecule is [CH]OCCC[Si](C)(O[Si](C)(C)O[Si](C)(C)C)O[Si](C)(CCCOCCCCOC)O[Si](C)(C)O[Si](C)(C)C. The molecule has 0 spiro atoms. The molecule has 14 heteroatoms. The standard InChI is InChI=1S/C24H60O8Si6/c1-25-19-15-16-21-27-22-18-24-38(14,31-36(11,12)29-34(6,7)8)32-37(13,23-17-20-26-2)30-35(9,10)28-33(3,4)5/h2H,15-24H2,1,3-14H3. The molecule has 0 N–H and O–H groups in total. The van der Waals surface area contributed by atoms with E-state index in [1.54, 1.807) is 7.11 Å². The fourth-order valence-electron chi connectivity index (χ4n) is 4.78. The Labute approximate surface area is 242 Å². The monoisotopic (exact) mass is 644 g/mol. The Kier molecular flexibility index (Phi) is 17.6. The molecule has 228 valence electrons. The number of unbranched alkanes of at least 4 members (excludes halogenated alkanes) is 1. The molecule has 0 heterocycles. The summed E-state index contributed by atoms with van der Waals surface area (Å²) in [7, 11) is -6.84. The van der Waals surface area contributed by atoms with E-state index in [9.17, 15) is 0 Å². The number of methoxy groups -OCH3 is 1. The summed E-state index contributed by atoms with van der Waals surface area (Å²) in [5.74, 6) is 0. The van der Waals surface area contributed by atoms with Crippen LogP contribution in [-0.4, -0.2) is 84.4 Å². The van der Waals surface area contributed by atoms with Crippen LogP contribution in [0.15, 0.2) is 0 Å². The molecule has 8 nitrogen and oxygen atoms in total. The van der Waals surface area contributed by atoms with E-state index in [1.807, 2.05) is 0 Å². The second-order valence-corrected chi connectivity index (χ2v) is 36.9. The second-order valence-electron chi connectivity index (χ2n) is 13.2. The van der Waals surface area contributed by atoms with Gasteiger partial charge >= 0.3 is 34.2 Å². The van der Waals surface area contributed by atoms with Crippen LogP contribution in [-0.2, 0) is 34.8 Å². The van der Waals surface area contributed by atoms with E-state index in [0.717, 1.165) is 51.0 Å². The van der Waals surface area contributed by atoms with E-state index in [2.05, 4.69) is 78.6 Å². The van der Waals surface area contributed by atoms with Crippen molar-refractivity contribution in [2.24, 2.45) is 0 Å². The first-order valence-electron chi connectivity index (χ1n) is 14.0. The smallest absolute Gasteiger partial charge is 0.317 e. The van der Waals surface area contributed by atoms with Gasteiger partial charge in [0.1, 0.15) is 7.11 Å². The third-order valence-electron chi connectivity index (χ3n) is 5.16. The van der Waals surface area contributed by atoms with Crippen molar-refractivity contribution < 1.29 is 34.8 Å². The fourth-order valence-corrected chi connectivity index (χ4v) is 33.9. The Bertz CT molecular complexity index is 644. The minimum absolute atomic E-state index is 0.460. The van der Waals surface area contributed by atoms with E-state index >= 15 is 0 Å². The molecule has 0 aliphatic heterocycles. The highest BCUT2D eigenvalue weighted by atomic mass is 28.5. The average molecular weight is 645 g/mol. The van der Waals surface area contributed by atoms with E-state index in [0.29, 0.717) is 13.2 Å². The molecular formula is C24H60O8Si6. The highest BCUT2D eigenvalue weighted by molar-refractivity contribution is 6.91. The van der Waals surface area contributed by atoms with Crippen LogP contribution in [0.5, 0.6) is 0 Å². The largest absolute Gasteiger partial charge is 0.437 e. The maximum absolute atomic E-state index is 7.14. The van der Waals surface area contributed by atoms with Crippen molar-refractivity contribution in [3.8, 4) is 0 Å². The van der Waals surface area contributed by atoms with Crippen molar-refractivity contribution in [3.63, 3.8) is 0 Å². The van der Waals surface area contributed by atoms with Gasteiger partial charge in [-0.05, 0) is 116 Å². The van der Waals surface area contributed by atoms with Gasteiger partial charge in [-0.2, -0.15) is 0 Å². The summed E-state index contributed by atoms with van der Waals surface area (Å²) >= 11 is 0. The summed E-state index contributed by atoms with van der Waals surface area (Å²) in [5, 5.41) is 0. The Hall–Kier alpha value is 0.981. The third kappa shape index (κ3) is 20.8. The molecule has 0 aromatic rings. The topological polar surface area (TPSA) is 73.8 Å². The number of hydrogen-bond acceptors (Lipinski definition) is 8. The summed E-state index contributed by atoms with van der Waals surface area (Å²) in [4.78, 5) is 0.